The molecule has 1 N–H and O–H groups in total. The first kappa shape index (κ1) is 16.2. The SMILES string of the molecule is CC(O)C1CCCCN1CC(=O)N1CCOC2CCCCC21. The van der Waals surface area contributed by atoms with Crippen LogP contribution in [0.1, 0.15) is 51.9 Å². The molecule has 4 atom stereocenters. The van der Waals surface area contributed by atoms with Crippen molar-refractivity contribution in [3.05, 3.63) is 0 Å². The van der Waals surface area contributed by atoms with Crippen LogP contribution in [0.15, 0.2) is 0 Å². The highest BCUT2D eigenvalue weighted by molar-refractivity contribution is 5.79. The molecule has 5 nitrogen and oxygen atoms in total. The second-order valence-corrected chi connectivity index (χ2v) is 7.12. The van der Waals surface area contributed by atoms with Crippen LogP contribution in [0.2, 0.25) is 0 Å². The molecule has 2 heterocycles. The van der Waals surface area contributed by atoms with Crippen LogP contribution < -0.4 is 0 Å². The van der Waals surface area contributed by atoms with Gasteiger partial charge in [0.15, 0.2) is 0 Å². The highest BCUT2D eigenvalue weighted by atomic mass is 16.5. The Hall–Kier alpha value is -0.650. The van der Waals surface area contributed by atoms with Crippen molar-refractivity contribution in [1.82, 2.24) is 9.80 Å². The molecule has 3 rings (SSSR count). The predicted octanol–water partition coefficient (Wildman–Crippen LogP) is 1.39. The van der Waals surface area contributed by atoms with Crippen LogP contribution in [0, 0.1) is 0 Å². The lowest BCUT2D eigenvalue weighted by Crippen LogP contribution is -2.58. The zero-order valence-electron chi connectivity index (χ0n) is 13.7. The topological polar surface area (TPSA) is 53.0 Å². The van der Waals surface area contributed by atoms with Gasteiger partial charge in [0.25, 0.3) is 0 Å². The second kappa shape index (κ2) is 7.28. The quantitative estimate of drug-likeness (QED) is 0.856. The number of piperidine rings is 1. The number of ether oxygens (including phenoxy) is 1. The lowest BCUT2D eigenvalue weighted by atomic mass is 9.90. The Bertz CT molecular complexity index is 386. The van der Waals surface area contributed by atoms with Crippen molar-refractivity contribution < 1.29 is 14.6 Å². The molecule has 2 saturated heterocycles. The Morgan fingerprint density at radius 1 is 1.18 bits per heavy atom. The molecule has 0 radical (unpaired) electrons. The summed E-state index contributed by atoms with van der Waals surface area (Å²) < 4.78 is 5.86. The minimum Gasteiger partial charge on any atom is -0.392 e. The summed E-state index contributed by atoms with van der Waals surface area (Å²) in [4.78, 5) is 17.1. The van der Waals surface area contributed by atoms with E-state index in [-0.39, 0.29) is 30.2 Å². The molecule has 0 aromatic carbocycles. The number of likely N-dealkylation sites (tertiary alicyclic amines) is 1. The fourth-order valence-corrected chi connectivity index (χ4v) is 4.43. The number of carbonyl (C=O) groups excluding carboxylic acids is 1. The fraction of sp³-hybridized carbons (Fsp3) is 0.941. The van der Waals surface area contributed by atoms with Gasteiger partial charge in [-0.2, -0.15) is 0 Å². The molecule has 5 heteroatoms. The molecule has 3 aliphatic rings. The summed E-state index contributed by atoms with van der Waals surface area (Å²) >= 11 is 0. The normalized spacial score (nSPS) is 35.0. The Balaban J connectivity index is 1.62. The number of fused-ring (bicyclic) bond motifs is 1. The number of aliphatic hydroxyl groups excluding tert-OH is 1. The van der Waals surface area contributed by atoms with Crippen LogP contribution in [0.3, 0.4) is 0 Å². The number of nitrogens with zero attached hydrogens (tertiary/aromatic N) is 2. The van der Waals surface area contributed by atoms with Crippen LogP contribution >= 0.6 is 0 Å². The molecule has 2 aliphatic heterocycles. The van der Waals surface area contributed by atoms with Gasteiger partial charge in [0, 0.05) is 12.6 Å². The van der Waals surface area contributed by atoms with E-state index < -0.39 is 0 Å². The van der Waals surface area contributed by atoms with Gasteiger partial charge in [-0.25, -0.2) is 0 Å². The molecule has 4 unspecified atom stereocenters. The van der Waals surface area contributed by atoms with Crippen molar-refractivity contribution >= 4 is 5.91 Å². The summed E-state index contributed by atoms with van der Waals surface area (Å²) in [7, 11) is 0. The number of morpholine rings is 1. The Labute approximate surface area is 133 Å². The van der Waals surface area contributed by atoms with E-state index in [1.54, 1.807) is 0 Å². The number of carbonyl (C=O) groups is 1. The van der Waals surface area contributed by atoms with Gasteiger partial charge in [0.05, 0.1) is 31.4 Å². The van der Waals surface area contributed by atoms with Crippen molar-refractivity contribution in [1.29, 1.82) is 0 Å². The van der Waals surface area contributed by atoms with Gasteiger partial charge in [-0.1, -0.05) is 19.3 Å². The smallest absolute Gasteiger partial charge is 0.237 e. The highest BCUT2D eigenvalue weighted by Gasteiger charge is 2.38. The molecule has 3 fully saturated rings. The molecule has 1 aliphatic carbocycles. The van der Waals surface area contributed by atoms with Crippen LogP contribution in [0.25, 0.3) is 0 Å². The summed E-state index contributed by atoms with van der Waals surface area (Å²) in [5.74, 6) is 0.229. The van der Waals surface area contributed by atoms with Crippen molar-refractivity contribution in [3.63, 3.8) is 0 Å². The molecule has 1 saturated carbocycles. The molecule has 0 bridgehead atoms. The molecule has 22 heavy (non-hydrogen) atoms. The standard InChI is InChI=1S/C17H30N2O3/c1-13(20)14-6-4-5-9-18(14)12-17(21)19-10-11-22-16-8-3-2-7-15(16)19/h13-16,20H,2-12H2,1H3. The first-order valence-electron chi connectivity index (χ1n) is 9.00. The van der Waals surface area contributed by atoms with Crippen LogP contribution in [-0.2, 0) is 9.53 Å². The van der Waals surface area contributed by atoms with Gasteiger partial charge >= 0.3 is 0 Å². The van der Waals surface area contributed by atoms with Crippen molar-refractivity contribution in [2.45, 2.75) is 76.2 Å². The van der Waals surface area contributed by atoms with E-state index in [0.717, 1.165) is 45.2 Å². The van der Waals surface area contributed by atoms with Gasteiger partial charge in [0.2, 0.25) is 5.91 Å². The van der Waals surface area contributed by atoms with Gasteiger partial charge in [-0.05, 0) is 39.2 Å². The lowest BCUT2D eigenvalue weighted by molar-refractivity contribution is -0.152. The maximum absolute atomic E-state index is 12.8. The Morgan fingerprint density at radius 2 is 1.95 bits per heavy atom. The molecule has 0 aromatic rings. The Morgan fingerprint density at radius 3 is 2.77 bits per heavy atom. The molecule has 1 amide bonds. The number of rotatable bonds is 3. The summed E-state index contributed by atoms with van der Waals surface area (Å²) in [6.07, 6.45) is 7.77. The third-order valence-electron chi connectivity index (χ3n) is 5.61. The average Bonchev–Trinajstić information content (AvgIpc) is 2.54. The first-order valence-corrected chi connectivity index (χ1v) is 9.00. The zero-order valence-corrected chi connectivity index (χ0v) is 13.7. The predicted molar refractivity (Wildman–Crippen MR) is 84.6 cm³/mol. The minimum absolute atomic E-state index is 0.140. The number of amides is 1. The molecule has 126 valence electrons. The average molecular weight is 310 g/mol. The second-order valence-electron chi connectivity index (χ2n) is 7.12. The number of hydrogen-bond donors (Lipinski definition) is 1. The zero-order chi connectivity index (χ0) is 15.5. The Kier molecular flexibility index (Phi) is 5.37. The van der Waals surface area contributed by atoms with Crippen molar-refractivity contribution in [3.8, 4) is 0 Å². The molecule has 0 aromatic heterocycles. The van der Waals surface area contributed by atoms with Crippen molar-refractivity contribution in [2.75, 3.05) is 26.2 Å². The largest absolute Gasteiger partial charge is 0.392 e. The maximum Gasteiger partial charge on any atom is 0.237 e. The highest BCUT2D eigenvalue weighted by Crippen LogP contribution is 2.29. The monoisotopic (exact) mass is 310 g/mol. The van der Waals surface area contributed by atoms with Gasteiger partial charge in [-0.3, -0.25) is 9.69 Å². The van der Waals surface area contributed by atoms with E-state index >= 15 is 0 Å². The van der Waals surface area contributed by atoms with Crippen molar-refractivity contribution in [2.24, 2.45) is 0 Å². The van der Waals surface area contributed by atoms with E-state index in [2.05, 4.69) is 9.80 Å². The van der Waals surface area contributed by atoms with E-state index in [1.807, 2.05) is 6.92 Å². The van der Waals surface area contributed by atoms with Crippen LogP contribution in [-0.4, -0.2) is 71.3 Å². The van der Waals surface area contributed by atoms with E-state index in [0.29, 0.717) is 13.2 Å². The van der Waals surface area contributed by atoms with Gasteiger partial charge < -0.3 is 14.7 Å². The first-order chi connectivity index (χ1) is 10.7. The number of hydrogen-bond acceptors (Lipinski definition) is 4. The van der Waals surface area contributed by atoms with E-state index in [4.69, 9.17) is 4.74 Å². The minimum atomic E-state index is -0.361. The van der Waals surface area contributed by atoms with E-state index in [9.17, 15) is 9.90 Å². The third kappa shape index (κ3) is 3.47. The summed E-state index contributed by atoms with van der Waals surface area (Å²) in [5, 5.41) is 9.97. The molecular weight excluding hydrogens is 280 g/mol. The molecule has 0 spiro atoms. The third-order valence-corrected chi connectivity index (χ3v) is 5.61. The van der Waals surface area contributed by atoms with Crippen LogP contribution in [0.5, 0.6) is 0 Å². The molecular formula is C17H30N2O3. The van der Waals surface area contributed by atoms with Gasteiger partial charge in [-0.15, -0.1) is 0 Å². The van der Waals surface area contributed by atoms with Crippen LogP contribution in [0.4, 0.5) is 0 Å². The van der Waals surface area contributed by atoms with E-state index in [1.165, 1.54) is 12.8 Å². The lowest BCUT2D eigenvalue weighted by Gasteiger charge is -2.45. The maximum atomic E-state index is 12.8. The summed E-state index contributed by atoms with van der Waals surface area (Å²) in [5.41, 5.74) is 0. The summed E-state index contributed by atoms with van der Waals surface area (Å²) in [6, 6.07) is 0.422. The van der Waals surface area contributed by atoms with Gasteiger partial charge in [0.1, 0.15) is 0 Å². The number of aliphatic hydroxyl groups is 1. The fourth-order valence-electron chi connectivity index (χ4n) is 4.43. The summed E-state index contributed by atoms with van der Waals surface area (Å²) in [6.45, 7) is 4.64.